The lowest BCUT2D eigenvalue weighted by molar-refractivity contribution is -0.150. The lowest BCUT2D eigenvalue weighted by Gasteiger charge is -2.23. The number of aromatic amines is 1. The number of carbonyl (C=O) groups is 2. The molecule has 0 aliphatic carbocycles. The molecule has 2 aliphatic rings. The number of aromatic nitrogens is 7. The van der Waals surface area contributed by atoms with Crippen LogP contribution in [0.3, 0.4) is 0 Å². The van der Waals surface area contributed by atoms with Gasteiger partial charge in [-0.05, 0) is 0 Å². The zero-order chi connectivity index (χ0) is 31.8. The van der Waals surface area contributed by atoms with Crippen LogP contribution in [0.4, 0.5) is 11.9 Å². The highest BCUT2D eigenvalue weighted by Gasteiger charge is 2.45. The zero-order valence-electron chi connectivity index (χ0n) is 23.2. The normalized spacial score (nSPS) is 26.4. The average molecular weight is 641 g/mol. The van der Waals surface area contributed by atoms with Gasteiger partial charge >= 0.3 is 25.5 Å². The summed E-state index contributed by atoms with van der Waals surface area (Å²) in [7, 11) is -4.88. The monoisotopic (exact) mass is 641 g/mol. The molecule has 2 fully saturated rings. The Hall–Kier alpha value is -4.27. The van der Waals surface area contributed by atoms with Crippen LogP contribution in [-0.2, 0) is 42.1 Å². The van der Waals surface area contributed by atoms with E-state index in [1.54, 1.807) is 0 Å². The molecule has 0 amide bonds. The summed E-state index contributed by atoms with van der Waals surface area (Å²) in [5, 5.41) is 0. The summed E-state index contributed by atoms with van der Waals surface area (Å²) in [5.41, 5.74) is 9.79. The molecule has 2 saturated heterocycles. The highest BCUT2D eigenvalue weighted by Crippen LogP contribution is 2.49. The van der Waals surface area contributed by atoms with Gasteiger partial charge in [-0.15, -0.1) is 0 Å². The number of esters is 2. The lowest BCUT2D eigenvalue weighted by Crippen LogP contribution is -2.32. The third-order valence-corrected chi connectivity index (χ3v) is 7.63. The van der Waals surface area contributed by atoms with Crippen LogP contribution < -0.4 is 22.7 Å². The van der Waals surface area contributed by atoms with E-state index >= 15 is 0 Å². The standard InChI is InChI=1S/C22H28N9O12P/c1-9(32)38-5-13-12(4-15(41-13)30-7-25-17-18(30)27-21(24)28-19(17)34)43-44(36,37)39-6-14-11(40-10(2)33)3-16(42-14)31-8-26-20(23)29-22(31)35/h7-8,11-16H,3-6H2,1-2H3,(H,36,37)(H2,23,29,35)(H3,24,27,28,34)/t11-,12-,13+,14+,15+,16+/m0/s1. The molecule has 5 rings (SSSR count). The summed E-state index contributed by atoms with van der Waals surface area (Å²) in [5.74, 6) is -1.72. The number of nitrogen functional groups attached to an aromatic ring is 2. The fourth-order valence-corrected chi connectivity index (χ4v) is 5.73. The van der Waals surface area contributed by atoms with E-state index in [9.17, 15) is 28.6 Å². The number of carbonyl (C=O) groups excluding carboxylic acids is 2. The van der Waals surface area contributed by atoms with Crippen LogP contribution in [0.1, 0.15) is 39.1 Å². The fraction of sp³-hybridized carbons (Fsp3) is 0.545. The second-order valence-electron chi connectivity index (χ2n) is 9.77. The predicted molar refractivity (Wildman–Crippen MR) is 143 cm³/mol. The number of nitrogens with one attached hydrogen (secondary N) is 1. The first kappa shape index (κ1) is 31.2. The van der Waals surface area contributed by atoms with Crippen molar-refractivity contribution in [2.75, 3.05) is 24.7 Å². The van der Waals surface area contributed by atoms with Crippen LogP contribution in [-0.4, -0.2) is 88.5 Å². The predicted octanol–water partition coefficient (Wildman–Crippen LogP) is -1.49. The van der Waals surface area contributed by atoms with Gasteiger partial charge in [-0.2, -0.15) is 9.97 Å². The van der Waals surface area contributed by atoms with Crippen molar-refractivity contribution >= 4 is 42.8 Å². The molecule has 0 bridgehead atoms. The Morgan fingerprint density at radius 1 is 1.02 bits per heavy atom. The molecule has 5 heterocycles. The molecule has 3 aromatic rings. The molecule has 2 aliphatic heterocycles. The maximum absolute atomic E-state index is 13.1. The van der Waals surface area contributed by atoms with Gasteiger partial charge in [0.1, 0.15) is 49.8 Å². The first-order valence-corrected chi connectivity index (χ1v) is 14.5. The number of hydrogen-bond acceptors (Lipinski definition) is 17. The molecule has 44 heavy (non-hydrogen) atoms. The van der Waals surface area contributed by atoms with Crippen LogP contribution >= 0.6 is 7.82 Å². The third kappa shape index (κ3) is 6.93. The SMILES string of the molecule is CC(=O)OC[C@H]1O[C@@H](n2cnc3c(=O)[nH]c(N)nc32)C[C@@H]1OP(=O)(O)OC[C@H]1O[C@@H](n2cnc(N)nc2=O)C[C@@H]1OC(C)=O. The summed E-state index contributed by atoms with van der Waals surface area (Å²) in [6, 6.07) is 0. The number of rotatable bonds is 10. The fourth-order valence-electron chi connectivity index (χ4n) is 4.77. The Balaban J connectivity index is 1.29. The van der Waals surface area contributed by atoms with Crippen molar-refractivity contribution < 1.29 is 47.0 Å². The number of imidazole rings is 1. The molecule has 0 spiro atoms. The minimum absolute atomic E-state index is 0.0233. The highest BCUT2D eigenvalue weighted by molar-refractivity contribution is 7.47. The van der Waals surface area contributed by atoms with Gasteiger partial charge in [-0.3, -0.25) is 37.5 Å². The third-order valence-electron chi connectivity index (χ3n) is 6.62. The molecule has 3 aromatic heterocycles. The van der Waals surface area contributed by atoms with Crippen molar-refractivity contribution in [2.45, 2.75) is 63.6 Å². The molecule has 7 atom stereocenters. The maximum Gasteiger partial charge on any atom is 0.472 e. The molecule has 0 aromatic carbocycles. The van der Waals surface area contributed by atoms with Crippen molar-refractivity contribution in [3.8, 4) is 0 Å². The maximum atomic E-state index is 13.1. The summed E-state index contributed by atoms with van der Waals surface area (Å²) >= 11 is 0. The van der Waals surface area contributed by atoms with Gasteiger partial charge in [0, 0.05) is 26.7 Å². The smallest absolute Gasteiger partial charge is 0.463 e. The molecular formula is C22H28N9O12P. The van der Waals surface area contributed by atoms with E-state index in [4.69, 9.17) is 39.5 Å². The summed E-state index contributed by atoms with van der Waals surface area (Å²) in [6.07, 6.45) is -3.96. The summed E-state index contributed by atoms with van der Waals surface area (Å²) in [4.78, 5) is 75.9. The first-order valence-electron chi connectivity index (χ1n) is 13.0. The Kier molecular flexibility index (Phi) is 8.77. The zero-order valence-corrected chi connectivity index (χ0v) is 24.1. The average Bonchev–Trinajstić information content (AvgIpc) is 3.63. The van der Waals surface area contributed by atoms with Gasteiger partial charge in [0.25, 0.3) is 5.56 Å². The molecule has 0 radical (unpaired) electrons. The first-order chi connectivity index (χ1) is 20.8. The number of nitrogens with two attached hydrogens (primary N) is 2. The second-order valence-corrected chi connectivity index (χ2v) is 11.2. The van der Waals surface area contributed by atoms with Crippen LogP contribution in [0.15, 0.2) is 22.2 Å². The molecule has 0 saturated carbocycles. The van der Waals surface area contributed by atoms with Crippen molar-refractivity contribution in [3.05, 3.63) is 33.5 Å². The minimum atomic E-state index is -4.88. The summed E-state index contributed by atoms with van der Waals surface area (Å²) in [6.45, 7) is 1.38. The number of fused-ring (bicyclic) bond motifs is 1. The van der Waals surface area contributed by atoms with Gasteiger partial charge in [-0.25, -0.2) is 19.3 Å². The second kappa shape index (κ2) is 12.4. The number of H-pyrrole nitrogens is 1. The Bertz CT molecular complexity index is 1730. The van der Waals surface area contributed by atoms with Crippen molar-refractivity contribution in [2.24, 2.45) is 0 Å². The minimum Gasteiger partial charge on any atom is -0.463 e. The van der Waals surface area contributed by atoms with Gasteiger partial charge < -0.3 is 35.3 Å². The Morgan fingerprint density at radius 2 is 1.68 bits per heavy atom. The molecule has 6 N–H and O–H groups in total. The number of nitrogens with zero attached hydrogens (tertiary/aromatic N) is 6. The number of ether oxygens (including phenoxy) is 4. The van der Waals surface area contributed by atoms with Gasteiger partial charge in [0.05, 0.1) is 12.9 Å². The van der Waals surface area contributed by atoms with Gasteiger partial charge in [0.2, 0.25) is 11.9 Å². The molecule has 1 unspecified atom stereocenters. The van der Waals surface area contributed by atoms with E-state index in [-0.39, 0.29) is 42.5 Å². The van der Waals surface area contributed by atoms with Crippen LogP contribution in [0.2, 0.25) is 0 Å². The van der Waals surface area contributed by atoms with E-state index < -0.39 is 74.5 Å². The molecular weight excluding hydrogens is 613 g/mol. The molecule has 21 nitrogen and oxygen atoms in total. The Labute approximate surface area is 246 Å². The summed E-state index contributed by atoms with van der Waals surface area (Å²) < 4.78 is 48.1. The van der Waals surface area contributed by atoms with E-state index in [1.165, 1.54) is 17.8 Å². The number of hydrogen-bond donors (Lipinski definition) is 4. The number of phosphoric ester groups is 1. The van der Waals surface area contributed by atoms with Crippen LogP contribution in [0.25, 0.3) is 11.2 Å². The topological polar surface area (TPSA) is 290 Å². The van der Waals surface area contributed by atoms with Crippen molar-refractivity contribution in [1.29, 1.82) is 0 Å². The molecule has 22 heteroatoms. The van der Waals surface area contributed by atoms with E-state index in [2.05, 4.69) is 24.9 Å². The number of anilines is 2. The quantitative estimate of drug-likeness (QED) is 0.145. The lowest BCUT2D eigenvalue weighted by atomic mass is 10.2. The van der Waals surface area contributed by atoms with E-state index in [0.29, 0.717) is 0 Å². The van der Waals surface area contributed by atoms with Crippen LogP contribution in [0.5, 0.6) is 0 Å². The van der Waals surface area contributed by atoms with Gasteiger partial charge in [0.15, 0.2) is 11.2 Å². The highest BCUT2D eigenvalue weighted by atomic mass is 31.2. The van der Waals surface area contributed by atoms with E-state index in [0.717, 1.165) is 17.8 Å². The van der Waals surface area contributed by atoms with Gasteiger partial charge in [-0.1, -0.05) is 0 Å². The Morgan fingerprint density at radius 3 is 2.36 bits per heavy atom. The number of phosphoric acid groups is 1. The van der Waals surface area contributed by atoms with Crippen molar-refractivity contribution in [3.63, 3.8) is 0 Å². The molecule has 238 valence electrons. The van der Waals surface area contributed by atoms with Crippen LogP contribution in [0, 0.1) is 0 Å². The van der Waals surface area contributed by atoms with Crippen molar-refractivity contribution in [1.82, 2.24) is 34.1 Å². The largest absolute Gasteiger partial charge is 0.472 e. The van der Waals surface area contributed by atoms with E-state index in [1.807, 2.05) is 0 Å².